The summed E-state index contributed by atoms with van der Waals surface area (Å²) in [5, 5.41) is 2.90. The Balaban J connectivity index is 0.00000120. The standard InChI is InChI=1S/C17H21.2CH3.Hf/c1-4-17(5-2)10-14-8-13-7-6-12(3)16(13)9-15(14)11-17;;;/h6-9H,4-5,10-11H2,1-3H3;2*1H3;/q3*-1;. The van der Waals surface area contributed by atoms with E-state index in [-0.39, 0.29) is 40.7 Å². The Morgan fingerprint density at radius 1 is 1.05 bits per heavy atom. The number of hydrogen-bond acceptors (Lipinski definition) is 0. The summed E-state index contributed by atoms with van der Waals surface area (Å²) in [6.45, 7) is 6.91. The molecule has 0 bridgehead atoms. The molecule has 0 heterocycles. The molecular formula is C19H27Hf-3. The monoisotopic (exact) mass is 435 g/mol. The van der Waals surface area contributed by atoms with Gasteiger partial charge in [-0.3, -0.25) is 0 Å². The van der Waals surface area contributed by atoms with Crippen LogP contribution < -0.4 is 0 Å². The number of fused-ring (bicyclic) bond motifs is 2. The zero-order valence-corrected chi connectivity index (χ0v) is 17.2. The van der Waals surface area contributed by atoms with E-state index in [0.29, 0.717) is 5.41 Å². The van der Waals surface area contributed by atoms with E-state index in [0.717, 1.165) is 0 Å². The van der Waals surface area contributed by atoms with Gasteiger partial charge in [0.2, 0.25) is 0 Å². The number of rotatable bonds is 2. The minimum Gasteiger partial charge on any atom is -0.358 e. The van der Waals surface area contributed by atoms with Crippen molar-refractivity contribution in [2.24, 2.45) is 5.41 Å². The topological polar surface area (TPSA) is 0 Å². The quantitative estimate of drug-likeness (QED) is 0.423. The van der Waals surface area contributed by atoms with Gasteiger partial charge in [-0.15, -0.1) is 28.5 Å². The van der Waals surface area contributed by atoms with Crippen LogP contribution in [-0.2, 0) is 38.7 Å². The van der Waals surface area contributed by atoms with Crippen LogP contribution in [0.4, 0.5) is 0 Å². The molecule has 1 heteroatoms. The second kappa shape index (κ2) is 7.11. The van der Waals surface area contributed by atoms with E-state index in [9.17, 15) is 0 Å². The smallest absolute Gasteiger partial charge is 0 e. The van der Waals surface area contributed by atoms with Crippen LogP contribution in [0.15, 0.2) is 24.3 Å². The van der Waals surface area contributed by atoms with Gasteiger partial charge in [0, 0.05) is 25.8 Å². The Morgan fingerprint density at radius 3 is 2.15 bits per heavy atom. The first-order valence-electron chi connectivity index (χ1n) is 6.85. The molecule has 0 saturated heterocycles. The summed E-state index contributed by atoms with van der Waals surface area (Å²) in [6, 6.07) is 9.40. The van der Waals surface area contributed by atoms with Gasteiger partial charge < -0.3 is 14.9 Å². The van der Waals surface area contributed by atoms with Crippen LogP contribution in [-0.4, -0.2) is 0 Å². The second-order valence-electron chi connectivity index (χ2n) is 5.79. The van der Waals surface area contributed by atoms with E-state index < -0.39 is 0 Å². The summed E-state index contributed by atoms with van der Waals surface area (Å²) in [6.07, 6.45) is 5.19. The molecule has 1 aliphatic rings. The third kappa shape index (κ3) is 2.98. The van der Waals surface area contributed by atoms with Crippen LogP contribution in [0.25, 0.3) is 10.8 Å². The predicted octanol–water partition coefficient (Wildman–Crippen LogP) is 5.67. The molecule has 0 N–H and O–H groups in total. The summed E-state index contributed by atoms with van der Waals surface area (Å²) in [7, 11) is 0. The maximum atomic E-state index is 2.45. The van der Waals surface area contributed by atoms with Gasteiger partial charge in [-0.05, 0) is 31.1 Å². The van der Waals surface area contributed by atoms with E-state index in [1.165, 1.54) is 42.0 Å². The molecule has 0 atom stereocenters. The maximum absolute atomic E-state index is 2.45. The van der Waals surface area contributed by atoms with E-state index in [2.05, 4.69) is 45.0 Å². The van der Waals surface area contributed by atoms with Crippen LogP contribution >= 0.6 is 0 Å². The Morgan fingerprint density at radius 2 is 1.60 bits per heavy atom. The van der Waals surface area contributed by atoms with E-state index in [1.54, 1.807) is 11.1 Å². The summed E-state index contributed by atoms with van der Waals surface area (Å²) in [5.74, 6) is 0. The first kappa shape index (κ1) is 19.7. The van der Waals surface area contributed by atoms with Gasteiger partial charge in [-0.25, -0.2) is 0 Å². The number of hydrogen-bond donors (Lipinski definition) is 0. The van der Waals surface area contributed by atoms with Crippen molar-refractivity contribution < 1.29 is 25.8 Å². The van der Waals surface area contributed by atoms with Gasteiger partial charge in [-0.2, -0.15) is 12.1 Å². The average molecular weight is 434 g/mol. The van der Waals surface area contributed by atoms with Crippen LogP contribution in [0.3, 0.4) is 0 Å². The number of benzene rings is 1. The molecule has 0 nitrogen and oxygen atoms in total. The maximum Gasteiger partial charge on any atom is 0 e. The third-order valence-electron chi connectivity index (χ3n) is 4.94. The Labute approximate surface area is 144 Å². The van der Waals surface area contributed by atoms with Crippen LogP contribution in [0.2, 0.25) is 0 Å². The van der Waals surface area contributed by atoms with Crippen molar-refractivity contribution in [3.8, 4) is 0 Å². The van der Waals surface area contributed by atoms with Gasteiger partial charge >= 0.3 is 0 Å². The van der Waals surface area contributed by atoms with Crippen molar-refractivity contribution in [3.05, 3.63) is 55.8 Å². The zero-order valence-electron chi connectivity index (χ0n) is 13.6. The van der Waals surface area contributed by atoms with E-state index in [4.69, 9.17) is 0 Å². The predicted molar refractivity (Wildman–Crippen MR) is 87.5 cm³/mol. The fourth-order valence-corrected chi connectivity index (χ4v) is 3.44. The van der Waals surface area contributed by atoms with Crippen molar-refractivity contribution in [2.75, 3.05) is 0 Å². The first-order chi connectivity index (χ1) is 8.17. The van der Waals surface area contributed by atoms with Gasteiger partial charge in [0.1, 0.15) is 0 Å². The molecule has 0 radical (unpaired) electrons. The van der Waals surface area contributed by atoms with Crippen molar-refractivity contribution in [1.29, 1.82) is 0 Å². The van der Waals surface area contributed by atoms with Gasteiger partial charge in [-0.1, -0.05) is 31.9 Å². The summed E-state index contributed by atoms with van der Waals surface area (Å²) >= 11 is 0. The zero-order chi connectivity index (χ0) is 12.0. The minimum atomic E-state index is 0. The van der Waals surface area contributed by atoms with Gasteiger partial charge in [0.05, 0.1) is 0 Å². The van der Waals surface area contributed by atoms with Crippen molar-refractivity contribution >= 4 is 10.8 Å². The molecule has 3 rings (SSSR count). The molecule has 0 aliphatic heterocycles. The SMILES string of the molecule is CCC1(CC)Cc2cc3cc[c-](C)c3cc2C1.[CH3-].[CH3-].[Hf]. The summed E-state index contributed by atoms with van der Waals surface area (Å²) < 4.78 is 0. The second-order valence-corrected chi connectivity index (χ2v) is 5.79. The molecule has 2 aromatic rings. The molecule has 1 aliphatic carbocycles. The molecule has 0 spiro atoms. The largest absolute Gasteiger partial charge is 0.358 e. The third-order valence-corrected chi connectivity index (χ3v) is 4.94. The van der Waals surface area contributed by atoms with Crippen LogP contribution in [0.1, 0.15) is 43.4 Å². The first-order valence-corrected chi connectivity index (χ1v) is 6.85. The Bertz CT molecular complexity index is 558. The minimum absolute atomic E-state index is 0. The average Bonchev–Trinajstić information content (AvgIpc) is 2.88. The Kier molecular flexibility index (Phi) is 7.01. The molecule has 0 amide bonds. The summed E-state index contributed by atoms with van der Waals surface area (Å²) in [4.78, 5) is 0. The normalized spacial score (nSPS) is 14.9. The fourth-order valence-electron chi connectivity index (χ4n) is 3.44. The van der Waals surface area contributed by atoms with Crippen molar-refractivity contribution in [3.63, 3.8) is 0 Å². The molecular weight excluding hydrogens is 407 g/mol. The number of aryl methyl sites for hydroxylation is 1. The van der Waals surface area contributed by atoms with Crippen molar-refractivity contribution in [1.82, 2.24) is 0 Å². The fraction of sp³-hybridized carbons (Fsp3) is 0.421. The van der Waals surface area contributed by atoms with Crippen LogP contribution in [0.5, 0.6) is 0 Å². The van der Waals surface area contributed by atoms with Crippen molar-refractivity contribution in [2.45, 2.75) is 46.5 Å². The molecule has 20 heavy (non-hydrogen) atoms. The molecule has 0 fully saturated rings. The summed E-state index contributed by atoms with van der Waals surface area (Å²) in [5.41, 5.74) is 5.19. The van der Waals surface area contributed by atoms with E-state index >= 15 is 0 Å². The van der Waals surface area contributed by atoms with Crippen LogP contribution in [0, 0.1) is 27.2 Å². The molecule has 0 unspecified atom stereocenters. The molecule has 0 aromatic heterocycles. The van der Waals surface area contributed by atoms with Gasteiger partial charge in [0.15, 0.2) is 0 Å². The Hall–Kier alpha value is -0.300. The molecule has 2 aromatic carbocycles. The molecule has 0 saturated carbocycles. The van der Waals surface area contributed by atoms with Gasteiger partial charge in [0.25, 0.3) is 0 Å². The molecule has 110 valence electrons. The van der Waals surface area contributed by atoms with E-state index in [1.807, 2.05) is 0 Å².